The summed E-state index contributed by atoms with van der Waals surface area (Å²) >= 11 is 0. The molecule has 9 heteroatoms. The van der Waals surface area contributed by atoms with Crippen LogP contribution in [0.25, 0.3) is 11.4 Å². The molecule has 1 aliphatic rings. The van der Waals surface area contributed by atoms with E-state index in [1.54, 1.807) is 18.2 Å². The molecular formula is C24H28N6O2S. The minimum absolute atomic E-state index is 0.195. The molecule has 1 atom stereocenters. The van der Waals surface area contributed by atoms with Crippen LogP contribution in [0.3, 0.4) is 0 Å². The van der Waals surface area contributed by atoms with Gasteiger partial charge in [-0.1, -0.05) is 18.2 Å². The van der Waals surface area contributed by atoms with Crippen LogP contribution >= 0.6 is 0 Å². The van der Waals surface area contributed by atoms with Crippen LogP contribution in [0.4, 0.5) is 16.3 Å². The first kappa shape index (κ1) is 22.9. The quantitative estimate of drug-likeness (QED) is 0.516. The minimum atomic E-state index is -1.23. The van der Waals surface area contributed by atoms with Crippen LogP contribution in [0, 0.1) is 0 Å². The van der Waals surface area contributed by atoms with Gasteiger partial charge in [0.25, 0.3) is 0 Å². The maximum absolute atomic E-state index is 12.6. The van der Waals surface area contributed by atoms with Crippen LogP contribution < -0.4 is 16.4 Å². The zero-order valence-corrected chi connectivity index (χ0v) is 19.3. The van der Waals surface area contributed by atoms with E-state index < -0.39 is 10.8 Å². The average Bonchev–Trinajstić information content (AvgIpc) is 2.81. The summed E-state index contributed by atoms with van der Waals surface area (Å²) in [6.07, 6.45) is 1.90. The van der Waals surface area contributed by atoms with Crippen LogP contribution in [0.1, 0.15) is 18.5 Å². The van der Waals surface area contributed by atoms with E-state index in [9.17, 15) is 9.00 Å². The number of anilines is 2. The van der Waals surface area contributed by atoms with Crippen LogP contribution in [-0.4, -0.2) is 51.3 Å². The van der Waals surface area contributed by atoms with E-state index in [1.165, 1.54) is 0 Å². The van der Waals surface area contributed by atoms with Crippen molar-refractivity contribution in [3.63, 3.8) is 0 Å². The lowest BCUT2D eigenvalue weighted by atomic mass is 10.1. The van der Waals surface area contributed by atoms with Crippen molar-refractivity contribution in [1.82, 2.24) is 20.2 Å². The molecule has 0 saturated carbocycles. The number of amides is 2. The molecule has 0 bridgehead atoms. The van der Waals surface area contributed by atoms with Crippen molar-refractivity contribution in [2.45, 2.75) is 29.5 Å². The lowest BCUT2D eigenvalue weighted by molar-refractivity contribution is 0.221. The predicted molar refractivity (Wildman–Crippen MR) is 131 cm³/mol. The Bertz CT molecular complexity index is 1120. The molecule has 4 N–H and O–H groups in total. The molecule has 1 saturated heterocycles. The first-order chi connectivity index (χ1) is 16.0. The first-order valence-corrected chi connectivity index (χ1v) is 12.2. The number of rotatable bonds is 6. The lowest BCUT2D eigenvalue weighted by Gasteiger charge is -2.29. The summed E-state index contributed by atoms with van der Waals surface area (Å²) in [4.78, 5) is 24.2. The second-order valence-corrected chi connectivity index (χ2v) is 9.62. The van der Waals surface area contributed by atoms with Crippen molar-refractivity contribution in [3.05, 3.63) is 66.4 Å². The second kappa shape index (κ2) is 10.5. The van der Waals surface area contributed by atoms with Gasteiger partial charge in [0.15, 0.2) is 5.82 Å². The molecule has 1 fully saturated rings. The zero-order valence-electron chi connectivity index (χ0n) is 18.5. The largest absolute Gasteiger partial charge is 0.384 e. The maximum atomic E-state index is 12.6. The number of hydrogen-bond acceptors (Lipinski definition) is 6. The van der Waals surface area contributed by atoms with Crippen molar-refractivity contribution in [2.24, 2.45) is 0 Å². The van der Waals surface area contributed by atoms with Crippen molar-refractivity contribution in [1.29, 1.82) is 0 Å². The standard InChI is InChI=1S/C24H28N6O2S/c1-30-13-11-19(12-14-30)28-24(31)27-18-9-7-17(8-10-18)23-26-20(15-22(25)29-23)16-33(32)21-5-3-2-4-6-21/h2-10,15,19H,11-14,16H2,1H3,(H2,25,26,29)(H2,27,28,31). The summed E-state index contributed by atoms with van der Waals surface area (Å²) in [6.45, 7) is 1.97. The fourth-order valence-corrected chi connectivity index (χ4v) is 4.76. The van der Waals surface area contributed by atoms with E-state index in [0.717, 1.165) is 36.4 Å². The second-order valence-electron chi connectivity index (χ2n) is 8.16. The minimum Gasteiger partial charge on any atom is -0.384 e. The summed E-state index contributed by atoms with van der Waals surface area (Å²) in [6, 6.07) is 18.2. The van der Waals surface area contributed by atoms with Gasteiger partial charge in [-0.3, -0.25) is 4.21 Å². The van der Waals surface area contributed by atoms with Gasteiger partial charge in [-0.25, -0.2) is 14.8 Å². The van der Waals surface area contributed by atoms with Crippen LogP contribution in [0.2, 0.25) is 0 Å². The Kier molecular flexibility index (Phi) is 7.31. The van der Waals surface area contributed by atoms with Crippen LogP contribution in [0.5, 0.6) is 0 Å². The summed E-state index contributed by atoms with van der Waals surface area (Å²) in [5.41, 5.74) is 8.04. The molecule has 3 aromatic rings. The lowest BCUT2D eigenvalue weighted by Crippen LogP contribution is -2.44. The summed E-state index contributed by atoms with van der Waals surface area (Å²) < 4.78 is 12.6. The smallest absolute Gasteiger partial charge is 0.319 e. The number of hydrogen-bond donors (Lipinski definition) is 3. The topological polar surface area (TPSA) is 113 Å². The van der Waals surface area contributed by atoms with E-state index in [4.69, 9.17) is 5.73 Å². The number of nitrogens with one attached hydrogen (secondary N) is 2. The van der Waals surface area contributed by atoms with Crippen molar-refractivity contribution < 1.29 is 9.00 Å². The number of likely N-dealkylation sites (tertiary alicyclic amines) is 1. The monoisotopic (exact) mass is 464 g/mol. The molecule has 0 aliphatic carbocycles. The number of urea groups is 1. The molecule has 2 amide bonds. The summed E-state index contributed by atoms with van der Waals surface area (Å²) in [5.74, 6) is 1.03. The van der Waals surface area contributed by atoms with Gasteiger partial charge in [0, 0.05) is 28.3 Å². The molecular weight excluding hydrogens is 436 g/mol. The Labute approximate surface area is 196 Å². The average molecular weight is 465 g/mol. The molecule has 172 valence electrons. The van der Waals surface area contributed by atoms with Gasteiger partial charge in [0.1, 0.15) is 5.82 Å². The van der Waals surface area contributed by atoms with Crippen LogP contribution in [0.15, 0.2) is 65.6 Å². The third kappa shape index (κ3) is 6.36. The molecule has 0 spiro atoms. The summed E-state index contributed by atoms with van der Waals surface area (Å²) in [5, 5.41) is 5.91. The SMILES string of the molecule is CN1CCC(NC(=O)Nc2ccc(-c3nc(N)cc(CS(=O)c4ccccc4)n3)cc2)CC1. The van der Waals surface area contributed by atoms with Gasteiger partial charge >= 0.3 is 6.03 Å². The van der Waals surface area contributed by atoms with E-state index >= 15 is 0 Å². The van der Waals surface area contributed by atoms with Crippen molar-refractivity contribution in [3.8, 4) is 11.4 Å². The van der Waals surface area contributed by atoms with Gasteiger partial charge in [-0.05, 0) is 69.4 Å². The third-order valence-corrected chi connectivity index (χ3v) is 6.89. The predicted octanol–water partition coefficient (Wildman–Crippen LogP) is 3.25. The van der Waals surface area contributed by atoms with Gasteiger partial charge in [-0.15, -0.1) is 0 Å². The number of piperidine rings is 1. The molecule has 4 rings (SSSR count). The Morgan fingerprint density at radius 3 is 2.48 bits per heavy atom. The molecule has 8 nitrogen and oxygen atoms in total. The summed E-state index contributed by atoms with van der Waals surface area (Å²) in [7, 11) is 0.865. The van der Waals surface area contributed by atoms with E-state index in [0.29, 0.717) is 23.0 Å². The van der Waals surface area contributed by atoms with E-state index in [2.05, 4.69) is 32.5 Å². The number of aromatic nitrogens is 2. The molecule has 0 radical (unpaired) electrons. The molecule has 1 aromatic heterocycles. The Hall–Kier alpha value is -3.30. The number of carbonyl (C=O) groups excluding carboxylic acids is 1. The Morgan fingerprint density at radius 1 is 1.09 bits per heavy atom. The highest BCUT2D eigenvalue weighted by Crippen LogP contribution is 2.21. The highest BCUT2D eigenvalue weighted by Gasteiger charge is 2.18. The van der Waals surface area contributed by atoms with Crippen molar-refractivity contribution in [2.75, 3.05) is 31.2 Å². The van der Waals surface area contributed by atoms with Gasteiger partial charge < -0.3 is 21.3 Å². The molecule has 1 aliphatic heterocycles. The van der Waals surface area contributed by atoms with Gasteiger partial charge in [0.05, 0.1) is 22.2 Å². The van der Waals surface area contributed by atoms with Crippen LogP contribution in [-0.2, 0) is 16.6 Å². The zero-order chi connectivity index (χ0) is 23.2. The molecule has 2 aromatic carbocycles. The first-order valence-electron chi connectivity index (χ1n) is 10.9. The van der Waals surface area contributed by atoms with E-state index in [1.807, 2.05) is 42.5 Å². The number of nitrogens with zero attached hydrogens (tertiary/aromatic N) is 3. The fraction of sp³-hybridized carbons (Fsp3) is 0.292. The molecule has 1 unspecified atom stereocenters. The van der Waals surface area contributed by atoms with Crippen molar-refractivity contribution >= 4 is 28.3 Å². The highest BCUT2D eigenvalue weighted by atomic mass is 32.2. The number of carbonyl (C=O) groups is 1. The number of benzene rings is 2. The molecule has 33 heavy (non-hydrogen) atoms. The highest BCUT2D eigenvalue weighted by molar-refractivity contribution is 7.84. The third-order valence-electron chi connectivity index (χ3n) is 5.54. The van der Waals surface area contributed by atoms with Gasteiger partial charge in [-0.2, -0.15) is 0 Å². The molecule has 2 heterocycles. The Balaban J connectivity index is 1.40. The van der Waals surface area contributed by atoms with E-state index in [-0.39, 0.29) is 17.8 Å². The fourth-order valence-electron chi connectivity index (χ4n) is 3.72. The number of nitrogens with two attached hydrogens (primary N) is 1. The normalized spacial score (nSPS) is 15.7. The maximum Gasteiger partial charge on any atom is 0.319 e. The Morgan fingerprint density at radius 2 is 1.79 bits per heavy atom. The van der Waals surface area contributed by atoms with Gasteiger partial charge in [0.2, 0.25) is 0 Å². The number of nitrogen functional groups attached to an aromatic ring is 1.